The summed E-state index contributed by atoms with van der Waals surface area (Å²) in [5.74, 6) is 0. The topological polar surface area (TPSA) is 45.1 Å². The Morgan fingerprint density at radius 1 is 1.18 bits per heavy atom. The maximum Gasteiger partial charge on any atom is 0.120 e. The van der Waals surface area contributed by atoms with Crippen molar-refractivity contribution in [2.24, 2.45) is 0 Å². The average molecular weight is 378 g/mol. The number of anilines is 1. The van der Waals surface area contributed by atoms with Crippen LogP contribution in [0.2, 0.25) is 0 Å². The van der Waals surface area contributed by atoms with E-state index in [9.17, 15) is 9.50 Å². The Morgan fingerprint density at radius 3 is 2.89 bits per heavy atom. The Kier molecular flexibility index (Phi) is 5.07. The van der Waals surface area contributed by atoms with E-state index in [0.29, 0.717) is 6.42 Å². The van der Waals surface area contributed by atoms with Crippen LogP contribution in [-0.4, -0.2) is 28.9 Å². The van der Waals surface area contributed by atoms with E-state index < -0.39 is 12.3 Å². The Hall–Kier alpha value is -2.46. The molecule has 1 heterocycles. The fraction of sp³-hybridized carbons (Fsp3) is 0.375. The molecule has 0 radical (unpaired) electrons. The fourth-order valence-electron chi connectivity index (χ4n) is 4.73. The van der Waals surface area contributed by atoms with Gasteiger partial charge in [0.2, 0.25) is 0 Å². The Bertz CT molecular complexity index is 970. The molecule has 0 amide bonds. The number of aryl methyl sites for hydroxylation is 1. The standard InChI is InChI=1S/C24H27FN2O/c1-23(12-5-8-18-6-2-3-9-21(18)23)15-24(28,16-25)17-27-22-10-4-7-19-14-26-13-11-20(19)22/h2-4,6-7,9-11,13-14,27-28H,5,8,12,15-17H2,1H3. The highest BCUT2D eigenvalue weighted by molar-refractivity contribution is 5.93. The molecule has 0 saturated heterocycles. The zero-order valence-corrected chi connectivity index (χ0v) is 16.3. The molecule has 1 aliphatic carbocycles. The van der Waals surface area contributed by atoms with E-state index in [4.69, 9.17) is 0 Å². The van der Waals surface area contributed by atoms with Crippen LogP contribution in [0.5, 0.6) is 0 Å². The number of alkyl halides is 1. The molecule has 1 aliphatic rings. The monoisotopic (exact) mass is 378 g/mol. The number of nitrogens with one attached hydrogen (secondary N) is 1. The van der Waals surface area contributed by atoms with Gasteiger partial charge in [0.05, 0.1) is 0 Å². The summed E-state index contributed by atoms with van der Waals surface area (Å²) < 4.78 is 14.1. The van der Waals surface area contributed by atoms with Gasteiger partial charge in [-0.25, -0.2) is 4.39 Å². The van der Waals surface area contributed by atoms with Crippen LogP contribution in [0.4, 0.5) is 10.1 Å². The van der Waals surface area contributed by atoms with Gasteiger partial charge in [0.15, 0.2) is 0 Å². The predicted molar refractivity (Wildman–Crippen MR) is 113 cm³/mol. The zero-order valence-electron chi connectivity index (χ0n) is 16.3. The predicted octanol–water partition coefficient (Wildman–Crippen LogP) is 5.03. The third-order valence-corrected chi connectivity index (χ3v) is 6.10. The van der Waals surface area contributed by atoms with Gasteiger partial charge in [0.1, 0.15) is 12.3 Å². The minimum absolute atomic E-state index is 0.169. The van der Waals surface area contributed by atoms with E-state index in [0.717, 1.165) is 35.7 Å². The summed E-state index contributed by atoms with van der Waals surface area (Å²) in [6.07, 6.45) is 7.04. The number of benzene rings is 2. The van der Waals surface area contributed by atoms with Crippen LogP contribution in [0.15, 0.2) is 60.9 Å². The number of pyridine rings is 1. The summed E-state index contributed by atoms with van der Waals surface area (Å²) in [5.41, 5.74) is 1.83. The first-order valence-electron chi connectivity index (χ1n) is 9.96. The van der Waals surface area contributed by atoms with Crippen LogP contribution in [0, 0.1) is 0 Å². The molecule has 3 aromatic rings. The molecule has 0 aliphatic heterocycles. The first-order chi connectivity index (χ1) is 13.5. The molecule has 0 saturated carbocycles. The molecule has 28 heavy (non-hydrogen) atoms. The molecule has 2 unspecified atom stereocenters. The molecule has 0 fully saturated rings. The van der Waals surface area contributed by atoms with Crippen molar-refractivity contribution in [3.05, 3.63) is 72.1 Å². The number of nitrogens with zero attached hydrogens (tertiary/aromatic N) is 1. The number of hydrogen-bond acceptors (Lipinski definition) is 3. The number of halogens is 1. The van der Waals surface area contributed by atoms with Crippen molar-refractivity contribution in [3.63, 3.8) is 0 Å². The average Bonchev–Trinajstić information content (AvgIpc) is 2.72. The Morgan fingerprint density at radius 2 is 2.04 bits per heavy atom. The fourth-order valence-corrected chi connectivity index (χ4v) is 4.73. The van der Waals surface area contributed by atoms with Gasteiger partial charge in [-0.1, -0.05) is 43.3 Å². The van der Waals surface area contributed by atoms with Crippen molar-refractivity contribution < 1.29 is 9.50 Å². The van der Waals surface area contributed by atoms with Crippen molar-refractivity contribution in [2.45, 2.75) is 43.6 Å². The molecule has 146 valence electrons. The van der Waals surface area contributed by atoms with E-state index in [1.54, 1.807) is 6.20 Å². The van der Waals surface area contributed by atoms with Gasteiger partial charge in [0.25, 0.3) is 0 Å². The number of aromatic nitrogens is 1. The first-order valence-corrected chi connectivity index (χ1v) is 9.96. The minimum Gasteiger partial charge on any atom is -0.385 e. The normalized spacial score (nSPS) is 21.1. The van der Waals surface area contributed by atoms with Gasteiger partial charge < -0.3 is 10.4 Å². The quantitative estimate of drug-likeness (QED) is 0.632. The third-order valence-electron chi connectivity index (χ3n) is 6.10. The van der Waals surface area contributed by atoms with Gasteiger partial charge in [0, 0.05) is 35.4 Å². The summed E-state index contributed by atoms with van der Waals surface area (Å²) in [6, 6.07) is 16.2. The summed E-state index contributed by atoms with van der Waals surface area (Å²) in [7, 11) is 0. The van der Waals surface area contributed by atoms with Crippen molar-refractivity contribution in [1.82, 2.24) is 4.98 Å². The zero-order chi connectivity index (χ0) is 19.6. The molecule has 0 bridgehead atoms. The van der Waals surface area contributed by atoms with Gasteiger partial charge in [-0.2, -0.15) is 0 Å². The summed E-state index contributed by atoms with van der Waals surface area (Å²) >= 11 is 0. The van der Waals surface area contributed by atoms with Crippen molar-refractivity contribution in [2.75, 3.05) is 18.5 Å². The lowest BCUT2D eigenvalue weighted by atomic mass is 9.66. The van der Waals surface area contributed by atoms with Crippen LogP contribution in [-0.2, 0) is 11.8 Å². The molecule has 3 nitrogen and oxygen atoms in total. The molecule has 2 N–H and O–H groups in total. The van der Waals surface area contributed by atoms with Crippen molar-refractivity contribution >= 4 is 16.5 Å². The number of fused-ring (bicyclic) bond motifs is 2. The lowest BCUT2D eigenvalue weighted by Gasteiger charge is -2.41. The second-order valence-corrected chi connectivity index (χ2v) is 8.36. The molecule has 1 aromatic heterocycles. The maximum absolute atomic E-state index is 14.1. The summed E-state index contributed by atoms with van der Waals surface area (Å²) in [5, 5.41) is 16.5. The number of aliphatic hydroxyl groups is 1. The van der Waals surface area contributed by atoms with Gasteiger partial charge >= 0.3 is 0 Å². The SMILES string of the molecule is CC1(CC(O)(CF)CNc2cccc3cnccc23)CCCc2ccccc21. The molecule has 2 atom stereocenters. The van der Waals surface area contributed by atoms with Crippen molar-refractivity contribution in [1.29, 1.82) is 0 Å². The van der Waals surface area contributed by atoms with Crippen molar-refractivity contribution in [3.8, 4) is 0 Å². The van der Waals surface area contributed by atoms with Crippen LogP contribution < -0.4 is 5.32 Å². The maximum atomic E-state index is 14.1. The highest BCUT2D eigenvalue weighted by Crippen LogP contribution is 2.42. The second kappa shape index (κ2) is 7.51. The van der Waals surface area contributed by atoms with E-state index in [1.807, 2.05) is 36.5 Å². The van der Waals surface area contributed by atoms with E-state index in [1.165, 1.54) is 11.1 Å². The minimum atomic E-state index is -1.42. The third kappa shape index (κ3) is 3.61. The lowest BCUT2D eigenvalue weighted by molar-refractivity contribution is -0.00209. The van der Waals surface area contributed by atoms with Crippen LogP contribution in [0.25, 0.3) is 10.8 Å². The van der Waals surface area contributed by atoms with Crippen LogP contribution in [0.1, 0.15) is 37.3 Å². The van der Waals surface area contributed by atoms with E-state index in [2.05, 4.69) is 35.4 Å². The smallest absolute Gasteiger partial charge is 0.120 e. The lowest BCUT2D eigenvalue weighted by Crippen LogP contribution is -2.46. The molecule has 4 heteroatoms. The number of rotatable bonds is 6. The molecule has 2 aromatic carbocycles. The molecular weight excluding hydrogens is 351 g/mol. The van der Waals surface area contributed by atoms with Gasteiger partial charge in [-0.15, -0.1) is 0 Å². The van der Waals surface area contributed by atoms with E-state index in [-0.39, 0.29) is 12.0 Å². The van der Waals surface area contributed by atoms with Gasteiger partial charge in [-0.05, 0) is 54.4 Å². The second-order valence-electron chi connectivity index (χ2n) is 8.36. The van der Waals surface area contributed by atoms with Crippen LogP contribution in [0.3, 0.4) is 0 Å². The molecule has 0 spiro atoms. The highest BCUT2D eigenvalue weighted by atomic mass is 19.1. The molecule has 4 rings (SSSR count). The van der Waals surface area contributed by atoms with Gasteiger partial charge in [-0.3, -0.25) is 4.98 Å². The summed E-state index contributed by atoms with van der Waals surface area (Å²) in [4.78, 5) is 4.15. The van der Waals surface area contributed by atoms with E-state index >= 15 is 0 Å². The summed E-state index contributed by atoms with van der Waals surface area (Å²) in [6.45, 7) is 1.56. The first kappa shape index (κ1) is 18.9. The van der Waals surface area contributed by atoms with Crippen LogP contribution >= 0.6 is 0 Å². The highest BCUT2D eigenvalue weighted by Gasteiger charge is 2.40. The largest absolute Gasteiger partial charge is 0.385 e. The number of hydrogen-bond donors (Lipinski definition) is 2. The Labute approximate surface area is 165 Å². The Balaban J connectivity index is 1.56. The molecular formula is C24H27FN2O.